The van der Waals surface area contributed by atoms with Gasteiger partial charge in [0.25, 0.3) is 0 Å². The summed E-state index contributed by atoms with van der Waals surface area (Å²) >= 11 is 0. The normalized spacial score (nSPS) is 11.2. The molecule has 2 aromatic carbocycles. The highest BCUT2D eigenvalue weighted by Gasteiger charge is 2.15. The molecule has 0 atom stereocenters. The Kier molecular flexibility index (Phi) is 6.64. The molecule has 1 N–H and O–H groups in total. The number of rotatable bonds is 8. The van der Waals surface area contributed by atoms with E-state index >= 15 is 0 Å². The molecule has 0 radical (unpaired) electrons. The molecular weight excluding hydrogens is 396 g/mol. The first kappa shape index (κ1) is 21.8. The monoisotopic (exact) mass is 426 g/mol. The number of nitrogens with one attached hydrogen (secondary N) is 1. The van der Waals surface area contributed by atoms with Crippen molar-refractivity contribution in [1.29, 1.82) is 0 Å². The molecule has 164 valence electrons. The standard InChI is InChI=1S/C27H30N4O/c1-19-18-26-29-20(2)24(21(3)31(26)30-19)14-15-27(32)28-17-16-25(22-10-6-4-7-11-22)23-12-8-5-9-13-23/h4-13,18,25H,14-17H2,1-3H3,(H,28,32). The Bertz CT molecular complexity index is 1160. The molecule has 0 saturated heterocycles. The molecular formula is C27H30N4O. The van der Waals surface area contributed by atoms with Crippen molar-refractivity contribution in [2.45, 2.75) is 46.0 Å². The van der Waals surface area contributed by atoms with Gasteiger partial charge in [-0.3, -0.25) is 4.79 Å². The van der Waals surface area contributed by atoms with Crippen molar-refractivity contribution in [2.24, 2.45) is 0 Å². The highest BCUT2D eigenvalue weighted by Crippen LogP contribution is 2.27. The Morgan fingerprint density at radius 3 is 2.22 bits per heavy atom. The van der Waals surface area contributed by atoms with Crippen molar-refractivity contribution < 1.29 is 4.79 Å². The van der Waals surface area contributed by atoms with Crippen molar-refractivity contribution >= 4 is 11.6 Å². The summed E-state index contributed by atoms with van der Waals surface area (Å²) in [6.45, 7) is 6.66. The number of nitrogens with zero attached hydrogens (tertiary/aromatic N) is 3. The number of carbonyl (C=O) groups is 1. The second-order valence-electron chi connectivity index (χ2n) is 8.33. The van der Waals surface area contributed by atoms with Crippen LogP contribution in [0.5, 0.6) is 0 Å². The smallest absolute Gasteiger partial charge is 0.220 e. The highest BCUT2D eigenvalue weighted by molar-refractivity contribution is 5.76. The summed E-state index contributed by atoms with van der Waals surface area (Å²) in [5.74, 6) is 0.331. The summed E-state index contributed by atoms with van der Waals surface area (Å²) in [5, 5.41) is 7.64. The molecule has 5 nitrogen and oxygen atoms in total. The summed E-state index contributed by atoms with van der Waals surface area (Å²) in [4.78, 5) is 17.3. The van der Waals surface area contributed by atoms with E-state index in [1.165, 1.54) is 11.1 Å². The van der Waals surface area contributed by atoms with Gasteiger partial charge in [-0.2, -0.15) is 5.10 Å². The fraction of sp³-hybridized carbons (Fsp3) is 0.296. The molecule has 0 saturated carbocycles. The zero-order chi connectivity index (χ0) is 22.5. The van der Waals surface area contributed by atoms with E-state index in [1.807, 2.05) is 43.5 Å². The van der Waals surface area contributed by atoms with Gasteiger partial charge < -0.3 is 5.32 Å². The van der Waals surface area contributed by atoms with Crippen LogP contribution in [-0.2, 0) is 11.2 Å². The minimum Gasteiger partial charge on any atom is -0.356 e. The molecule has 0 aliphatic rings. The Morgan fingerprint density at radius 2 is 1.59 bits per heavy atom. The number of hydrogen-bond donors (Lipinski definition) is 1. The second-order valence-corrected chi connectivity index (χ2v) is 8.33. The maximum Gasteiger partial charge on any atom is 0.220 e. The Labute approximate surface area is 189 Å². The van der Waals surface area contributed by atoms with Crippen LogP contribution in [-0.4, -0.2) is 27.0 Å². The van der Waals surface area contributed by atoms with Gasteiger partial charge in [0.05, 0.1) is 5.69 Å². The second kappa shape index (κ2) is 9.77. The lowest BCUT2D eigenvalue weighted by Crippen LogP contribution is -2.26. The van der Waals surface area contributed by atoms with Gasteiger partial charge in [0, 0.05) is 36.3 Å². The minimum atomic E-state index is 0.0698. The summed E-state index contributed by atoms with van der Waals surface area (Å²) in [7, 11) is 0. The highest BCUT2D eigenvalue weighted by atomic mass is 16.1. The summed E-state index contributed by atoms with van der Waals surface area (Å²) in [6.07, 6.45) is 1.96. The van der Waals surface area contributed by atoms with Crippen LogP contribution >= 0.6 is 0 Å². The van der Waals surface area contributed by atoms with Gasteiger partial charge in [0.2, 0.25) is 5.91 Å². The van der Waals surface area contributed by atoms with Gasteiger partial charge in [-0.05, 0) is 50.3 Å². The molecule has 5 heteroatoms. The maximum atomic E-state index is 12.6. The third-order valence-corrected chi connectivity index (χ3v) is 6.05. The fourth-order valence-corrected chi connectivity index (χ4v) is 4.38. The van der Waals surface area contributed by atoms with Crippen LogP contribution in [0.1, 0.15) is 52.5 Å². The number of benzene rings is 2. The Morgan fingerprint density at radius 1 is 0.969 bits per heavy atom. The molecule has 1 amide bonds. The van der Waals surface area contributed by atoms with E-state index in [4.69, 9.17) is 0 Å². The third-order valence-electron chi connectivity index (χ3n) is 6.05. The van der Waals surface area contributed by atoms with Gasteiger partial charge in [-0.1, -0.05) is 60.7 Å². The van der Waals surface area contributed by atoms with Crippen molar-refractivity contribution in [1.82, 2.24) is 19.9 Å². The summed E-state index contributed by atoms with van der Waals surface area (Å²) in [5.41, 5.74) is 7.47. The number of fused-ring (bicyclic) bond motifs is 1. The predicted molar refractivity (Wildman–Crippen MR) is 128 cm³/mol. The van der Waals surface area contributed by atoms with E-state index < -0.39 is 0 Å². The van der Waals surface area contributed by atoms with Crippen LogP contribution < -0.4 is 5.32 Å². The van der Waals surface area contributed by atoms with Crippen molar-refractivity contribution in [3.05, 3.63) is 101 Å². The molecule has 0 aliphatic heterocycles. The maximum absolute atomic E-state index is 12.6. The van der Waals surface area contributed by atoms with Crippen LogP contribution in [0.25, 0.3) is 5.65 Å². The van der Waals surface area contributed by atoms with Gasteiger partial charge >= 0.3 is 0 Å². The van der Waals surface area contributed by atoms with Crippen molar-refractivity contribution in [3.63, 3.8) is 0 Å². The lowest BCUT2D eigenvalue weighted by atomic mass is 9.88. The van der Waals surface area contributed by atoms with Gasteiger partial charge in [-0.15, -0.1) is 0 Å². The lowest BCUT2D eigenvalue weighted by molar-refractivity contribution is -0.121. The van der Waals surface area contributed by atoms with Crippen LogP contribution in [0.3, 0.4) is 0 Å². The third kappa shape index (κ3) is 4.88. The topological polar surface area (TPSA) is 59.3 Å². The van der Waals surface area contributed by atoms with Crippen molar-refractivity contribution in [2.75, 3.05) is 6.54 Å². The Balaban J connectivity index is 1.37. The molecule has 2 heterocycles. The number of aryl methyl sites for hydroxylation is 3. The lowest BCUT2D eigenvalue weighted by Gasteiger charge is -2.18. The summed E-state index contributed by atoms with van der Waals surface area (Å²) < 4.78 is 1.87. The van der Waals surface area contributed by atoms with Crippen LogP contribution in [0.15, 0.2) is 66.7 Å². The number of amides is 1. The minimum absolute atomic E-state index is 0.0698. The first-order valence-electron chi connectivity index (χ1n) is 11.2. The first-order valence-corrected chi connectivity index (χ1v) is 11.2. The van der Waals surface area contributed by atoms with Crippen LogP contribution in [0.2, 0.25) is 0 Å². The van der Waals surface area contributed by atoms with E-state index in [0.29, 0.717) is 19.4 Å². The molecule has 0 bridgehead atoms. The largest absolute Gasteiger partial charge is 0.356 e. The molecule has 0 unspecified atom stereocenters. The Hall–Kier alpha value is -3.47. The van der Waals surface area contributed by atoms with E-state index in [1.54, 1.807) is 0 Å². The predicted octanol–water partition coefficient (Wildman–Crippen LogP) is 4.93. The molecule has 4 aromatic rings. The zero-order valence-electron chi connectivity index (χ0n) is 19.0. The van der Waals surface area contributed by atoms with Crippen molar-refractivity contribution in [3.8, 4) is 0 Å². The van der Waals surface area contributed by atoms with Crippen LogP contribution in [0.4, 0.5) is 0 Å². The quantitative estimate of drug-likeness (QED) is 0.435. The molecule has 0 spiro atoms. The first-order chi connectivity index (χ1) is 15.5. The molecule has 2 aromatic heterocycles. The number of carbonyl (C=O) groups excluding carboxylic acids is 1. The molecule has 0 fully saturated rings. The fourth-order valence-electron chi connectivity index (χ4n) is 4.38. The van der Waals surface area contributed by atoms with E-state index in [0.717, 1.165) is 34.7 Å². The molecule has 0 aliphatic carbocycles. The van der Waals surface area contributed by atoms with Crippen LogP contribution in [0, 0.1) is 20.8 Å². The average molecular weight is 427 g/mol. The molecule has 32 heavy (non-hydrogen) atoms. The zero-order valence-corrected chi connectivity index (χ0v) is 19.0. The average Bonchev–Trinajstić information content (AvgIpc) is 3.18. The number of aromatic nitrogens is 3. The van der Waals surface area contributed by atoms with E-state index in [-0.39, 0.29) is 11.8 Å². The van der Waals surface area contributed by atoms with Gasteiger partial charge in [-0.25, -0.2) is 9.50 Å². The van der Waals surface area contributed by atoms with Gasteiger partial charge in [0.15, 0.2) is 5.65 Å². The molecule has 4 rings (SSSR count). The van der Waals surface area contributed by atoms with E-state index in [2.05, 4.69) is 63.9 Å². The SMILES string of the molecule is Cc1cc2nc(C)c(CCC(=O)NCCC(c3ccccc3)c3ccccc3)c(C)n2n1. The van der Waals surface area contributed by atoms with Gasteiger partial charge in [0.1, 0.15) is 0 Å². The number of hydrogen-bond acceptors (Lipinski definition) is 3. The summed E-state index contributed by atoms with van der Waals surface area (Å²) in [6, 6.07) is 23.0. The van der Waals surface area contributed by atoms with E-state index in [9.17, 15) is 4.79 Å².